The maximum atomic E-state index is 12.7. The van der Waals surface area contributed by atoms with Crippen LogP contribution in [0.2, 0.25) is 0 Å². The van der Waals surface area contributed by atoms with Gasteiger partial charge in [-0.15, -0.1) is 0 Å². The minimum Gasteiger partial charge on any atom is -0.398 e. The molecule has 0 radical (unpaired) electrons. The zero-order valence-electron chi connectivity index (χ0n) is 5.49. The fourth-order valence-electron chi connectivity index (χ4n) is 0.682. The van der Waals surface area contributed by atoms with Crippen molar-refractivity contribution in [3.8, 4) is 0 Å². The number of nitrogen functional groups attached to an aromatic ring is 1. The third kappa shape index (κ3) is 1.14. The predicted octanol–water partition coefficient (Wildman–Crippen LogP) is 2.48. The van der Waals surface area contributed by atoms with E-state index in [-0.39, 0.29) is 5.82 Å². The van der Waals surface area contributed by atoms with Crippen molar-refractivity contribution in [3.05, 3.63) is 28.0 Å². The van der Waals surface area contributed by atoms with Crippen molar-refractivity contribution < 1.29 is 4.39 Å². The van der Waals surface area contributed by atoms with Gasteiger partial charge in [0.1, 0.15) is 5.82 Å². The fraction of sp³-hybridized carbons (Fsp3) is 0.143. The summed E-state index contributed by atoms with van der Waals surface area (Å²) in [7, 11) is 0. The third-order valence-corrected chi connectivity index (χ3v) is 2.40. The monoisotopic (exact) mass is 203 g/mol. The number of anilines is 1. The minimum atomic E-state index is -0.235. The number of nitrogens with two attached hydrogens (primary N) is 1. The van der Waals surface area contributed by atoms with Crippen LogP contribution in [0.4, 0.5) is 10.1 Å². The predicted molar refractivity (Wildman–Crippen MR) is 43.2 cm³/mol. The number of hydrogen-bond donors (Lipinski definition) is 1. The number of hydrogen-bond acceptors (Lipinski definition) is 1. The van der Waals surface area contributed by atoms with Crippen molar-refractivity contribution in [2.24, 2.45) is 0 Å². The van der Waals surface area contributed by atoms with Crippen molar-refractivity contribution in [1.82, 2.24) is 0 Å². The molecule has 2 N–H and O–H groups in total. The van der Waals surface area contributed by atoms with Crippen LogP contribution in [0.3, 0.4) is 0 Å². The van der Waals surface area contributed by atoms with Crippen molar-refractivity contribution in [2.45, 2.75) is 6.92 Å². The summed E-state index contributed by atoms with van der Waals surface area (Å²) >= 11 is 3.16. The van der Waals surface area contributed by atoms with Gasteiger partial charge in [0, 0.05) is 15.7 Å². The Hall–Kier alpha value is -0.570. The van der Waals surface area contributed by atoms with Gasteiger partial charge >= 0.3 is 0 Å². The fourth-order valence-corrected chi connectivity index (χ4v) is 1.00. The van der Waals surface area contributed by atoms with Crippen molar-refractivity contribution in [3.63, 3.8) is 0 Å². The van der Waals surface area contributed by atoms with Gasteiger partial charge in [0.25, 0.3) is 0 Å². The second kappa shape index (κ2) is 2.58. The highest BCUT2D eigenvalue weighted by atomic mass is 79.9. The lowest BCUT2D eigenvalue weighted by Crippen LogP contribution is -1.91. The molecule has 0 fully saturated rings. The van der Waals surface area contributed by atoms with E-state index in [4.69, 9.17) is 5.73 Å². The zero-order chi connectivity index (χ0) is 7.72. The van der Waals surface area contributed by atoms with Crippen LogP contribution in [-0.2, 0) is 0 Å². The second-order valence-corrected chi connectivity index (χ2v) is 2.87. The molecule has 10 heavy (non-hydrogen) atoms. The molecule has 0 heterocycles. The summed E-state index contributed by atoms with van der Waals surface area (Å²) in [5.74, 6) is -0.235. The number of rotatable bonds is 0. The van der Waals surface area contributed by atoms with Crippen LogP contribution in [0, 0.1) is 12.7 Å². The summed E-state index contributed by atoms with van der Waals surface area (Å²) in [5, 5.41) is 0. The first-order valence-electron chi connectivity index (χ1n) is 2.83. The molecular formula is C7H7BrFN. The Bertz CT molecular complexity index is 233. The average molecular weight is 204 g/mol. The Morgan fingerprint density at radius 1 is 1.50 bits per heavy atom. The molecule has 0 bridgehead atoms. The highest BCUT2D eigenvalue weighted by Gasteiger charge is 2.03. The van der Waals surface area contributed by atoms with Crippen LogP contribution in [0.1, 0.15) is 5.56 Å². The molecule has 0 aromatic heterocycles. The number of benzene rings is 1. The van der Waals surface area contributed by atoms with E-state index in [1.807, 2.05) is 0 Å². The van der Waals surface area contributed by atoms with E-state index in [9.17, 15) is 4.39 Å². The SMILES string of the molecule is Cc1c(F)ccc(N)c1Br. The van der Waals surface area contributed by atoms with E-state index in [0.717, 1.165) is 0 Å². The van der Waals surface area contributed by atoms with E-state index >= 15 is 0 Å². The lowest BCUT2D eigenvalue weighted by atomic mass is 10.2. The standard InChI is InChI=1S/C7H7BrFN/c1-4-5(9)2-3-6(10)7(4)8/h2-3H,10H2,1H3. The Morgan fingerprint density at radius 3 is 2.60 bits per heavy atom. The van der Waals surface area contributed by atoms with Gasteiger partial charge in [0.2, 0.25) is 0 Å². The van der Waals surface area contributed by atoms with Crippen LogP contribution in [0.25, 0.3) is 0 Å². The molecule has 0 saturated carbocycles. The molecule has 1 aromatic carbocycles. The molecule has 0 saturated heterocycles. The molecule has 0 atom stereocenters. The van der Waals surface area contributed by atoms with E-state index in [1.54, 1.807) is 6.92 Å². The lowest BCUT2D eigenvalue weighted by Gasteiger charge is -2.01. The third-order valence-electron chi connectivity index (χ3n) is 1.35. The van der Waals surface area contributed by atoms with Gasteiger partial charge in [-0.25, -0.2) is 4.39 Å². The Labute approximate surface area is 67.2 Å². The topological polar surface area (TPSA) is 26.0 Å². The van der Waals surface area contributed by atoms with E-state index in [2.05, 4.69) is 15.9 Å². The van der Waals surface area contributed by atoms with E-state index < -0.39 is 0 Å². The highest BCUT2D eigenvalue weighted by molar-refractivity contribution is 9.10. The van der Waals surface area contributed by atoms with Gasteiger partial charge in [-0.2, -0.15) is 0 Å². The largest absolute Gasteiger partial charge is 0.398 e. The quantitative estimate of drug-likeness (QED) is 0.645. The molecule has 0 amide bonds. The van der Waals surface area contributed by atoms with Gasteiger partial charge in [-0.05, 0) is 35.0 Å². The van der Waals surface area contributed by atoms with Gasteiger partial charge in [-0.1, -0.05) is 0 Å². The molecule has 0 unspecified atom stereocenters. The Balaban J connectivity index is 3.34. The Kier molecular flexibility index (Phi) is 1.94. The zero-order valence-corrected chi connectivity index (χ0v) is 7.07. The normalized spacial score (nSPS) is 9.90. The summed E-state index contributed by atoms with van der Waals surface area (Å²) in [6.07, 6.45) is 0. The van der Waals surface area contributed by atoms with Crippen molar-refractivity contribution in [2.75, 3.05) is 5.73 Å². The van der Waals surface area contributed by atoms with Crippen LogP contribution >= 0.6 is 15.9 Å². The van der Waals surface area contributed by atoms with Crippen LogP contribution in [0.15, 0.2) is 16.6 Å². The second-order valence-electron chi connectivity index (χ2n) is 2.08. The molecule has 3 heteroatoms. The molecule has 0 aliphatic carbocycles. The molecule has 0 aliphatic heterocycles. The minimum absolute atomic E-state index is 0.235. The summed E-state index contributed by atoms with van der Waals surface area (Å²) in [4.78, 5) is 0. The molecule has 0 spiro atoms. The van der Waals surface area contributed by atoms with Gasteiger partial charge in [0.15, 0.2) is 0 Å². The maximum absolute atomic E-state index is 12.7. The highest BCUT2D eigenvalue weighted by Crippen LogP contribution is 2.24. The lowest BCUT2D eigenvalue weighted by molar-refractivity contribution is 0.617. The van der Waals surface area contributed by atoms with Gasteiger partial charge in [0.05, 0.1) is 0 Å². The van der Waals surface area contributed by atoms with Crippen LogP contribution < -0.4 is 5.73 Å². The van der Waals surface area contributed by atoms with Gasteiger partial charge < -0.3 is 5.73 Å². The maximum Gasteiger partial charge on any atom is 0.127 e. The first-order chi connectivity index (χ1) is 4.63. The molecule has 1 nitrogen and oxygen atoms in total. The molecular weight excluding hydrogens is 197 g/mol. The van der Waals surface area contributed by atoms with Crippen LogP contribution in [0.5, 0.6) is 0 Å². The summed E-state index contributed by atoms with van der Waals surface area (Å²) in [5.41, 5.74) is 6.60. The average Bonchev–Trinajstić information content (AvgIpc) is 1.93. The first kappa shape index (κ1) is 7.54. The summed E-state index contributed by atoms with van der Waals surface area (Å²) in [6.45, 7) is 1.68. The van der Waals surface area contributed by atoms with Crippen molar-refractivity contribution in [1.29, 1.82) is 0 Å². The molecule has 0 aliphatic rings. The van der Waals surface area contributed by atoms with E-state index in [0.29, 0.717) is 15.7 Å². The number of halogens is 2. The summed E-state index contributed by atoms with van der Waals surface area (Å²) < 4.78 is 13.3. The van der Waals surface area contributed by atoms with Crippen LogP contribution in [-0.4, -0.2) is 0 Å². The van der Waals surface area contributed by atoms with Gasteiger partial charge in [-0.3, -0.25) is 0 Å². The molecule has 1 aromatic rings. The molecule has 54 valence electrons. The summed E-state index contributed by atoms with van der Waals surface area (Å²) in [6, 6.07) is 2.89. The van der Waals surface area contributed by atoms with E-state index in [1.165, 1.54) is 12.1 Å². The van der Waals surface area contributed by atoms with Crippen molar-refractivity contribution >= 4 is 21.6 Å². The molecule has 1 rings (SSSR count). The smallest absolute Gasteiger partial charge is 0.127 e. The first-order valence-corrected chi connectivity index (χ1v) is 3.62. The Morgan fingerprint density at radius 2 is 2.10 bits per heavy atom.